The summed E-state index contributed by atoms with van der Waals surface area (Å²) in [4.78, 5) is 13.1. The van der Waals surface area contributed by atoms with E-state index in [1.54, 1.807) is 12.1 Å². The van der Waals surface area contributed by atoms with Crippen LogP contribution in [0, 0.1) is 5.82 Å². The summed E-state index contributed by atoms with van der Waals surface area (Å²) >= 11 is 0. The van der Waals surface area contributed by atoms with Crippen molar-refractivity contribution in [2.45, 2.75) is 39.3 Å². The van der Waals surface area contributed by atoms with E-state index in [1.807, 2.05) is 44.3 Å². The Kier molecular flexibility index (Phi) is 6.52. The van der Waals surface area contributed by atoms with Gasteiger partial charge in [-0.15, -0.1) is 0 Å². The minimum Gasteiger partial charge on any atom is -1.00 e. The van der Waals surface area contributed by atoms with Gasteiger partial charge in [0.1, 0.15) is 17.8 Å². The molecule has 0 saturated carbocycles. The van der Waals surface area contributed by atoms with Crippen LogP contribution in [0.2, 0.25) is 0 Å². The van der Waals surface area contributed by atoms with Gasteiger partial charge in [0.05, 0.1) is 19.6 Å². The van der Waals surface area contributed by atoms with E-state index in [2.05, 4.69) is 9.13 Å². The maximum absolute atomic E-state index is 13.3. The number of imidazole rings is 1. The number of Topliss-reactive ketones (excluding diaryl/α,β-unsaturated/α-hetero) is 1. The third kappa shape index (κ3) is 4.13. The van der Waals surface area contributed by atoms with Crippen LogP contribution < -0.4 is 26.3 Å². The molecule has 4 rings (SSSR count). The van der Waals surface area contributed by atoms with Gasteiger partial charge >= 0.3 is 0 Å². The quantitative estimate of drug-likeness (QED) is 0.413. The van der Waals surface area contributed by atoms with Crippen LogP contribution in [0.1, 0.15) is 42.5 Å². The van der Waals surface area contributed by atoms with Crippen molar-refractivity contribution in [3.05, 3.63) is 71.9 Å². The van der Waals surface area contributed by atoms with Crippen LogP contribution in [-0.4, -0.2) is 17.0 Å². The minimum atomic E-state index is -0.313. The van der Waals surface area contributed by atoms with Gasteiger partial charge in [-0.25, -0.2) is 13.5 Å². The summed E-state index contributed by atoms with van der Waals surface area (Å²) in [7, 11) is 0. The summed E-state index contributed by atoms with van der Waals surface area (Å²) in [6.07, 6.45) is 4.01. The normalized spacial score (nSPS) is 13.5. The van der Waals surface area contributed by atoms with E-state index in [0.717, 1.165) is 42.2 Å². The first-order valence-electron chi connectivity index (χ1n) is 9.75. The number of aromatic nitrogens is 2. The van der Waals surface area contributed by atoms with E-state index in [1.165, 1.54) is 12.1 Å². The van der Waals surface area contributed by atoms with E-state index in [4.69, 9.17) is 4.74 Å². The molecule has 1 aliphatic rings. The van der Waals surface area contributed by atoms with Gasteiger partial charge < -0.3 is 21.7 Å². The average molecular weight is 459 g/mol. The summed E-state index contributed by atoms with van der Waals surface area (Å²) in [6, 6.07) is 13.5. The van der Waals surface area contributed by atoms with E-state index in [0.29, 0.717) is 12.2 Å². The lowest BCUT2D eigenvalue weighted by molar-refractivity contribution is -0.710. The lowest BCUT2D eigenvalue weighted by Gasteiger charge is -2.10. The highest BCUT2D eigenvalue weighted by Gasteiger charge is 2.33. The second kappa shape index (κ2) is 8.91. The summed E-state index contributed by atoms with van der Waals surface area (Å²) < 4.78 is 23.1. The molecule has 152 valence electrons. The molecule has 1 aliphatic heterocycles. The Morgan fingerprint density at radius 1 is 1.17 bits per heavy atom. The van der Waals surface area contributed by atoms with E-state index < -0.39 is 0 Å². The van der Waals surface area contributed by atoms with Crippen LogP contribution in [0.25, 0.3) is 11.3 Å². The molecule has 0 amide bonds. The molecule has 0 radical (unpaired) electrons. The van der Waals surface area contributed by atoms with Crippen molar-refractivity contribution in [1.82, 2.24) is 4.57 Å². The Morgan fingerprint density at radius 2 is 1.86 bits per heavy atom. The molecule has 3 aromatic rings. The Morgan fingerprint density at radius 3 is 2.52 bits per heavy atom. The van der Waals surface area contributed by atoms with Gasteiger partial charge in [-0.2, -0.15) is 0 Å². The molecule has 6 heteroatoms. The van der Waals surface area contributed by atoms with Crippen molar-refractivity contribution in [2.75, 3.05) is 6.61 Å². The second-order valence-corrected chi connectivity index (χ2v) is 7.10. The molecule has 4 nitrogen and oxygen atoms in total. The maximum atomic E-state index is 13.3. The molecule has 0 bridgehead atoms. The molecule has 0 spiro atoms. The minimum absolute atomic E-state index is 0. The summed E-state index contributed by atoms with van der Waals surface area (Å²) in [5.74, 6) is 1.73. The van der Waals surface area contributed by atoms with Crippen molar-refractivity contribution in [2.24, 2.45) is 0 Å². The first-order chi connectivity index (χ1) is 13.6. The number of hydrogen-bond donors (Lipinski definition) is 0. The van der Waals surface area contributed by atoms with Gasteiger partial charge in [0.15, 0.2) is 11.7 Å². The third-order valence-corrected chi connectivity index (χ3v) is 5.33. The fourth-order valence-corrected chi connectivity index (χ4v) is 3.90. The molecule has 1 unspecified atom stereocenters. The number of ether oxygens (including phenoxy) is 1. The van der Waals surface area contributed by atoms with Gasteiger partial charge in [0, 0.05) is 11.1 Å². The van der Waals surface area contributed by atoms with Crippen LogP contribution >= 0.6 is 0 Å². The predicted molar refractivity (Wildman–Crippen MR) is 105 cm³/mol. The first kappa shape index (κ1) is 21.2. The largest absolute Gasteiger partial charge is 1.00 e. The van der Waals surface area contributed by atoms with E-state index >= 15 is 0 Å². The number of nitrogens with zero attached hydrogens (tertiary/aromatic N) is 2. The van der Waals surface area contributed by atoms with E-state index in [9.17, 15) is 9.18 Å². The zero-order chi connectivity index (χ0) is 19.7. The van der Waals surface area contributed by atoms with Crippen LogP contribution in [0.3, 0.4) is 0 Å². The molecule has 1 atom stereocenters. The van der Waals surface area contributed by atoms with Crippen molar-refractivity contribution < 1.29 is 35.5 Å². The maximum Gasteiger partial charge on any atom is 0.257 e. The molecule has 29 heavy (non-hydrogen) atoms. The van der Waals surface area contributed by atoms with Crippen molar-refractivity contribution in [3.8, 4) is 17.0 Å². The Hall–Kier alpha value is -2.47. The number of hydrogen-bond acceptors (Lipinski definition) is 2. The molecule has 0 N–H and O–H groups in total. The topological polar surface area (TPSA) is 35.1 Å². The molecule has 1 aromatic heterocycles. The molecule has 0 saturated heterocycles. The SMILES string of the molecule is CCOc1ccc(C(=O)C(C)[n+]2cc(-c3ccc(F)cc3)n3c2CCC3)cc1.[Br-]. The van der Waals surface area contributed by atoms with Crippen LogP contribution in [0.4, 0.5) is 4.39 Å². The number of benzene rings is 2. The van der Waals surface area contributed by atoms with Gasteiger partial charge in [-0.1, -0.05) is 0 Å². The summed E-state index contributed by atoms with van der Waals surface area (Å²) in [6.45, 7) is 5.39. The first-order valence-corrected chi connectivity index (χ1v) is 9.75. The van der Waals surface area contributed by atoms with Gasteiger partial charge in [0.25, 0.3) is 5.82 Å². The fraction of sp³-hybridized carbons (Fsp3) is 0.304. The van der Waals surface area contributed by atoms with Crippen LogP contribution in [-0.2, 0) is 13.0 Å². The lowest BCUT2D eigenvalue weighted by Crippen LogP contribution is -3.00. The van der Waals surface area contributed by atoms with Crippen molar-refractivity contribution >= 4 is 5.78 Å². The number of ketones is 1. The molecule has 2 heterocycles. The summed E-state index contributed by atoms with van der Waals surface area (Å²) in [5.41, 5.74) is 2.66. The molecule has 2 aromatic carbocycles. The fourth-order valence-electron chi connectivity index (χ4n) is 3.90. The Labute approximate surface area is 180 Å². The predicted octanol–water partition coefficient (Wildman–Crippen LogP) is 1.37. The monoisotopic (exact) mass is 458 g/mol. The third-order valence-electron chi connectivity index (χ3n) is 5.33. The highest BCUT2D eigenvalue weighted by atomic mass is 79.9. The number of carbonyl (C=O) groups is 1. The smallest absolute Gasteiger partial charge is 0.257 e. The molecule has 0 aliphatic carbocycles. The number of carbonyl (C=O) groups excluding carboxylic acids is 1. The average Bonchev–Trinajstić information content (AvgIpc) is 3.31. The molecular formula is C23H24BrFN2O2. The molecular weight excluding hydrogens is 435 g/mol. The zero-order valence-electron chi connectivity index (χ0n) is 16.6. The second-order valence-electron chi connectivity index (χ2n) is 7.10. The standard InChI is InChI=1S/C23H24FN2O2.BrH/c1-3-28-20-12-8-18(9-13-20)23(27)16(2)26-15-21(25-14-4-5-22(25)26)17-6-10-19(24)11-7-17;/h6-13,15-16H,3-5,14H2,1-2H3;1H/q+1;/p-1. The Bertz CT molecular complexity index is 997. The highest BCUT2D eigenvalue weighted by Crippen LogP contribution is 2.26. The number of rotatable bonds is 6. The van der Waals surface area contributed by atoms with Crippen LogP contribution in [0.5, 0.6) is 5.75 Å². The number of halogens is 2. The van der Waals surface area contributed by atoms with Crippen LogP contribution in [0.15, 0.2) is 54.7 Å². The lowest BCUT2D eigenvalue weighted by atomic mass is 10.0. The van der Waals surface area contributed by atoms with E-state index in [-0.39, 0.29) is 34.6 Å². The van der Waals surface area contributed by atoms with Gasteiger partial charge in [-0.05, 0) is 68.8 Å². The highest BCUT2D eigenvalue weighted by molar-refractivity contribution is 5.97. The Balaban J connectivity index is 0.00000240. The zero-order valence-corrected chi connectivity index (χ0v) is 18.2. The van der Waals surface area contributed by atoms with Gasteiger partial charge in [0.2, 0.25) is 5.78 Å². The number of fused-ring (bicyclic) bond motifs is 1. The summed E-state index contributed by atoms with van der Waals surface area (Å²) in [5, 5.41) is 0. The van der Waals surface area contributed by atoms with Crippen molar-refractivity contribution in [3.63, 3.8) is 0 Å². The van der Waals surface area contributed by atoms with Gasteiger partial charge in [-0.3, -0.25) is 4.79 Å². The van der Waals surface area contributed by atoms with Crippen molar-refractivity contribution in [1.29, 1.82) is 0 Å². The molecule has 0 fully saturated rings.